The SMILES string of the molecule is O=C(Cc1cncc(Br)c1)C1CC1c1ccccc1. The lowest BCUT2D eigenvalue weighted by Crippen LogP contribution is -2.06. The lowest BCUT2D eigenvalue weighted by molar-refractivity contribution is -0.119. The highest BCUT2D eigenvalue weighted by molar-refractivity contribution is 9.10. The number of carbonyl (C=O) groups is 1. The minimum atomic E-state index is 0.196. The third-order valence-corrected chi connectivity index (χ3v) is 4.01. The normalized spacial score (nSPS) is 21.1. The second-order valence-electron chi connectivity index (χ2n) is 5.01. The Bertz CT molecular complexity index is 597. The van der Waals surface area contributed by atoms with Gasteiger partial charge in [-0.1, -0.05) is 30.3 Å². The standard InChI is InChI=1S/C16H14BrNO/c17-13-6-11(9-18-10-13)7-16(19)15-8-14(15)12-4-2-1-3-5-12/h1-6,9-10,14-15H,7-8H2. The Labute approximate surface area is 121 Å². The third-order valence-electron chi connectivity index (χ3n) is 3.57. The van der Waals surface area contributed by atoms with Crippen LogP contribution >= 0.6 is 15.9 Å². The number of ketones is 1. The maximum atomic E-state index is 12.2. The fourth-order valence-corrected chi connectivity index (χ4v) is 2.92. The maximum absolute atomic E-state index is 12.2. The van der Waals surface area contributed by atoms with Crippen LogP contribution in [0, 0.1) is 5.92 Å². The maximum Gasteiger partial charge on any atom is 0.141 e. The number of nitrogens with zero attached hydrogens (tertiary/aromatic N) is 1. The van der Waals surface area contributed by atoms with Crippen LogP contribution in [0.15, 0.2) is 53.3 Å². The Hall–Kier alpha value is -1.48. The molecule has 0 amide bonds. The van der Waals surface area contributed by atoms with E-state index in [2.05, 4.69) is 33.0 Å². The van der Waals surface area contributed by atoms with E-state index in [4.69, 9.17) is 0 Å². The van der Waals surface area contributed by atoms with Crippen LogP contribution in [0.25, 0.3) is 0 Å². The highest BCUT2D eigenvalue weighted by Gasteiger charge is 2.43. The van der Waals surface area contributed by atoms with Crippen molar-refractivity contribution in [2.45, 2.75) is 18.8 Å². The number of rotatable bonds is 4. The molecule has 1 heterocycles. The van der Waals surface area contributed by atoms with Gasteiger partial charge >= 0.3 is 0 Å². The molecule has 19 heavy (non-hydrogen) atoms. The molecule has 0 bridgehead atoms. The van der Waals surface area contributed by atoms with Crippen LogP contribution < -0.4 is 0 Å². The molecule has 2 aromatic rings. The van der Waals surface area contributed by atoms with Crippen LogP contribution in [0.5, 0.6) is 0 Å². The van der Waals surface area contributed by atoms with Crippen molar-refractivity contribution in [2.24, 2.45) is 5.92 Å². The summed E-state index contributed by atoms with van der Waals surface area (Å²) in [7, 11) is 0. The van der Waals surface area contributed by atoms with E-state index in [0.717, 1.165) is 16.5 Å². The molecule has 1 aromatic heterocycles. The summed E-state index contributed by atoms with van der Waals surface area (Å²) in [6.07, 6.45) is 4.98. The van der Waals surface area contributed by atoms with Gasteiger partial charge in [-0.3, -0.25) is 9.78 Å². The van der Waals surface area contributed by atoms with Gasteiger partial charge in [0.25, 0.3) is 0 Å². The number of pyridine rings is 1. The monoisotopic (exact) mass is 315 g/mol. The summed E-state index contributed by atoms with van der Waals surface area (Å²) in [5, 5.41) is 0. The van der Waals surface area contributed by atoms with Gasteiger partial charge in [-0.15, -0.1) is 0 Å². The van der Waals surface area contributed by atoms with Gasteiger partial charge in [0.2, 0.25) is 0 Å². The molecule has 2 nitrogen and oxygen atoms in total. The van der Waals surface area contributed by atoms with E-state index < -0.39 is 0 Å². The molecule has 1 saturated carbocycles. The van der Waals surface area contributed by atoms with Crippen LogP contribution in [0.2, 0.25) is 0 Å². The number of aromatic nitrogens is 1. The second-order valence-corrected chi connectivity index (χ2v) is 5.93. The van der Waals surface area contributed by atoms with Gasteiger partial charge in [0.15, 0.2) is 0 Å². The summed E-state index contributed by atoms with van der Waals surface area (Å²) in [6.45, 7) is 0. The van der Waals surface area contributed by atoms with E-state index in [9.17, 15) is 4.79 Å². The first-order valence-electron chi connectivity index (χ1n) is 6.41. The van der Waals surface area contributed by atoms with Crippen molar-refractivity contribution < 1.29 is 4.79 Å². The van der Waals surface area contributed by atoms with E-state index in [1.165, 1.54) is 5.56 Å². The Balaban J connectivity index is 1.64. The lowest BCUT2D eigenvalue weighted by Gasteiger charge is -2.02. The van der Waals surface area contributed by atoms with Crippen LogP contribution in [0.3, 0.4) is 0 Å². The van der Waals surface area contributed by atoms with Crippen molar-refractivity contribution in [3.05, 3.63) is 64.4 Å². The van der Waals surface area contributed by atoms with Crippen LogP contribution in [0.1, 0.15) is 23.5 Å². The van der Waals surface area contributed by atoms with Crippen molar-refractivity contribution in [3.63, 3.8) is 0 Å². The van der Waals surface area contributed by atoms with Gasteiger partial charge in [-0.05, 0) is 45.5 Å². The zero-order valence-electron chi connectivity index (χ0n) is 10.4. The Morgan fingerprint density at radius 2 is 2.05 bits per heavy atom. The minimum absolute atomic E-state index is 0.196. The predicted molar refractivity (Wildman–Crippen MR) is 77.9 cm³/mol. The van der Waals surface area contributed by atoms with Crippen LogP contribution in [-0.2, 0) is 11.2 Å². The van der Waals surface area contributed by atoms with Crippen molar-refractivity contribution in [1.29, 1.82) is 0 Å². The number of hydrogen-bond donors (Lipinski definition) is 0. The number of Topliss-reactive ketones (excluding diaryl/α,β-unsaturated/α-hetero) is 1. The van der Waals surface area contributed by atoms with Crippen molar-refractivity contribution in [3.8, 4) is 0 Å². The largest absolute Gasteiger partial charge is 0.299 e. The molecule has 1 aliphatic carbocycles. The lowest BCUT2D eigenvalue weighted by atomic mass is 10.0. The number of hydrogen-bond acceptors (Lipinski definition) is 2. The fourth-order valence-electron chi connectivity index (χ4n) is 2.50. The topological polar surface area (TPSA) is 30.0 Å². The summed E-state index contributed by atoms with van der Waals surface area (Å²) in [5.41, 5.74) is 2.27. The first-order chi connectivity index (χ1) is 9.24. The van der Waals surface area contributed by atoms with Crippen molar-refractivity contribution >= 4 is 21.7 Å². The quantitative estimate of drug-likeness (QED) is 0.860. The summed E-state index contributed by atoms with van der Waals surface area (Å²) in [4.78, 5) is 16.3. The molecule has 0 spiro atoms. The van der Waals surface area contributed by atoms with Gasteiger partial charge in [-0.25, -0.2) is 0 Å². The molecular formula is C16H14BrNO. The molecule has 0 N–H and O–H groups in total. The highest BCUT2D eigenvalue weighted by atomic mass is 79.9. The van der Waals surface area contributed by atoms with E-state index >= 15 is 0 Å². The average Bonchev–Trinajstić information content (AvgIpc) is 3.20. The minimum Gasteiger partial charge on any atom is -0.299 e. The van der Waals surface area contributed by atoms with E-state index in [-0.39, 0.29) is 5.92 Å². The molecule has 3 rings (SSSR count). The average molecular weight is 316 g/mol. The molecule has 2 unspecified atom stereocenters. The first-order valence-corrected chi connectivity index (χ1v) is 7.20. The zero-order chi connectivity index (χ0) is 13.2. The molecule has 2 atom stereocenters. The molecule has 0 radical (unpaired) electrons. The Morgan fingerprint density at radius 3 is 2.79 bits per heavy atom. The summed E-state index contributed by atoms with van der Waals surface area (Å²) < 4.78 is 0.924. The first kappa shape index (κ1) is 12.5. The van der Waals surface area contributed by atoms with Crippen LogP contribution in [-0.4, -0.2) is 10.8 Å². The number of halogens is 1. The molecule has 1 aromatic carbocycles. The Kier molecular flexibility index (Phi) is 3.47. The van der Waals surface area contributed by atoms with Gasteiger partial charge in [0, 0.05) is 29.2 Å². The van der Waals surface area contributed by atoms with Gasteiger partial charge < -0.3 is 0 Å². The summed E-state index contributed by atoms with van der Waals surface area (Å²) >= 11 is 3.38. The summed E-state index contributed by atoms with van der Waals surface area (Å²) in [5.74, 6) is 0.948. The van der Waals surface area contributed by atoms with Crippen molar-refractivity contribution in [1.82, 2.24) is 4.98 Å². The van der Waals surface area contributed by atoms with E-state index in [1.807, 2.05) is 24.3 Å². The smallest absolute Gasteiger partial charge is 0.141 e. The molecular weight excluding hydrogens is 302 g/mol. The van der Waals surface area contributed by atoms with Crippen molar-refractivity contribution in [2.75, 3.05) is 0 Å². The van der Waals surface area contributed by atoms with E-state index in [0.29, 0.717) is 18.1 Å². The number of benzene rings is 1. The second kappa shape index (κ2) is 5.25. The molecule has 3 heteroatoms. The number of carbonyl (C=O) groups excluding carboxylic acids is 1. The third kappa shape index (κ3) is 2.92. The zero-order valence-corrected chi connectivity index (χ0v) is 12.0. The van der Waals surface area contributed by atoms with Gasteiger partial charge in [0.05, 0.1) is 0 Å². The van der Waals surface area contributed by atoms with Gasteiger partial charge in [0.1, 0.15) is 5.78 Å². The summed E-state index contributed by atoms with van der Waals surface area (Å²) in [6, 6.07) is 12.3. The molecule has 0 aliphatic heterocycles. The molecule has 0 saturated heterocycles. The highest BCUT2D eigenvalue weighted by Crippen LogP contribution is 2.48. The molecule has 96 valence electrons. The fraction of sp³-hybridized carbons (Fsp3) is 0.250. The Morgan fingerprint density at radius 1 is 1.26 bits per heavy atom. The predicted octanol–water partition coefficient (Wildman–Crippen LogP) is 3.76. The van der Waals surface area contributed by atoms with Gasteiger partial charge in [-0.2, -0.15) is 0 Å². The van der Waals surface area contributed by atoms with E-state index in [1.54, 1.807) is 12.4 Å². The molecule has 1 fully saturated rings. The molecule has 1 aliphatic rings. The van der Waals surface area contributed by atoms with Crippen LogP contribution in [0.4, 0.5) is 0 Å².